The lowest BCUT2D eigenvalue weighted by Gasteiger charge is -2.13. The molecule has 0 aliphatic heterocycles. The second kappa shape index (κ2) is 9.26. The summed E-state index contributed by atoms with van der Waals surface area (Å²) in [6.07, 6.45) is 17.6. The van der Waals surface area contributed by atoms with Gasteiger partial charge in [-0.15, -0.1) is 0 Å². The highest BCUT2D eigenvalue weighted by Gasteiger charge is 2.06. The molecule has 17 heavy (non-hydrogen) atoms. The fourth-order valence-electron chi connectivity index (χ4n) is 2.61. The Hall–Kier alpha value is -0.790. The van der Waals surface area contributed by atoms with Crippen molar-refractivity contribution in [3.8, 4) is 0 Å². The molecule has 1 aliphatic rings. The van der Waals surface area contributed by atoms with Crippen LogP contribution in [0.15, 0.2) is 12.2 Å². The smallest absolute Gasteiger partial charge is 0.327 e. The van der Waals surface area contributed by atoms with Crippen LogP contribution in [-0.2, 0) is 4.79 Å². The van der Waals surface area contributed by atoms with Crippen LogP contribution < -0.4 is 0 Å². The summed E-state index contributed by atoms with van der Waals surface area (Å²) in [4.78, 5) is 10.5. The minimum atomic E-state index is -0.809. The van der Waals surface area contributed by atoms with Crippen molar-refractivity contribution in [2.24, 2.45) is 5.92 Å². The SMILES string of the molecule is O=C(O)/C=C/C1CCCCCCCCCCC1. The van der Waals surface area contributed by atoms with E-state index in [4.69, 9.17) is 5.11 Å². The van der Waals surface area contributed by atoms with E-state index in [0.29, 0.717) is 5.92 Å². The normalized spacial score (nSPS) is 21.9. The van der Waals surface area contributed by atoms with Crippen LogP contribution in [0.3, 0.4) is 0 Å². The molecule has 0 radical (unpaired) electrons. The van der Waals surface area contributed by atoms with Crippen molar-refractivity contribution in [1.29, 1.82) is 0 Å². The molecular formula is C15H26O2. The van der Waals surface area contributed by atoms with E-state index in [1.165, 1.54) is 76.7 Å². The molecule has 0 heterocycles. The van der Waals surface area contributed by atoms with Crippen molar-refractivity contribution < 1.29 is 9.90 Å². The molecule has 1 aliphatic carbocycles. The first-order valence-electron chi connectivity index (χ1n) is 7.20. The van der Waals surface area contributed by atoms with Gasteiger partial charge in [0.1, 0.15) is 0 Å². The maximum Gasteiger partial charge on any atom is 0.327 e. The van der Waals surface area contributed by atoms with Crippen molar-refractivity contribution in [2.75, 3.05) is 0 Å². The fourth-order valence-corrected chi connectivity index (χ4v) is 2.61. The summed E-state index contributed by atoms with van der Waals surface area (Å²) in [5.41, 5.74) is 0. The molecule has 2 nitrogen and oxygen atoms in total. The Balaban J connectivity index is 2.34. The Morgan fingerprint density at radius 1 is 0.824 bits per heavy atom. The first kappa shape index (κ1) is 14.3. The third kappa shape index (κ3) is 8.00. The second-order valence-corrected chi connectivity index (χ2v) is 5.22. The lowest BCUT2D eigenvalue weighted by atomic mass is 9.92. The van der Waals surface area contributed by atoms with Crippen LogP contribution in [0.4, 0.5) is 0 Å². The van der Waals surface area contributed by atoms with Crippen LogP contribution in [0.2, 0.25) is 0 Å². The van der Waals surface area contributed by atoms with E-state index in [1.54, 1.807) is 0 Å². The molecule has 0 unspecified atom stereocenters. The van der Waals surface area contributed by atoms with Gasteiger partial charge in [0.15, 0.2) is 0 Å². The number of carbonyl (C=O) groups is 1. The Morgan fingerprint density at radius 3 is 1.65 bits per heavy atom. The zero-order chi connectivity index (χ0) is 12.3. The summed E-state index contributed by atoms with van der Waals surface area (Å²) >= 11 is 0. The molecule has 0 atom stereocenters. The van der Waals surface area contributed by atoms with Crippen molar-refractivity contribution >= 4 is 5.97 Å². The van der Waals surface area contributed by atoms with Crippen molar-refractivity contribution in [3.05, 3.63) is 12.2 Å². The molecule has 0 aromatic rings. The quantitative estimate of drug-likeness (QED) is 0.717. The summed E-state index contributed by atoms with van der Waals surface area (Å²) in [6.45, 7) is 0. The maximum atomic E-state index is 10.5. The van der Waals surface area contributed by atoms with E-state index in [0.717, 1.165) is 0 Å². The number of allylic oxidation sites excluding steroid dienone is 1. The molecule has 1 fully saturated rings. The standard InChI is InChI=1S/C15H26O2/c16-15(17)13-12-14-10-8-6-4-2-1-3-5-7-9-11-14/h12-14H,1-11H2,(H,16,17)/b13-12+. The minimum Gasteiger partial charge on any atom is -0.478 e. The molecule has 1 N–H and O–H groups in total. The van der Waals surface area contributed by atoms with Gasteiger partial charge in [0.2, 0.25) is 0 Å². The van der Waals surface area contributed by atoms with Crippen LogP contribution in [-0.4, -0.2) is 11.1 Å². The highest BCUT2D eigenvalue weighted by molar-refractivity contribution is 5.79. The first-order chi connectivity index (χ1) is 8.29. The average molecular weight is 238 g/mol. The highest BCUT2D eigenvalue weighted by atomic mass is 16.4. The first-order valence-corrected chi connectivity index (χ1v) is 7.20. The van der Waals surface area contributed by atoms with Gasteiger partial charge in [0.25, 0.3) is 0 Å². The summed E-state index contributed by atoms with van der Waals surface area (Å²) < 4.78 is 0. The van der Waals surface area contributed by atoms with Crippen LogP contribution in [0, 0.1) is 5.92 Å². The predicted octanol–water partition coefficient (Wildman–Crippen LogP) is 4.55. The highest BCUT2D eigenvalue weighted by Crippen LogP contribution is 2.21. The van der Waals surface area contributed by atoms with Crippen LogP contribution in [0.25, 0.3) is 0 Å². The lowest BCUT2D eigenvalue weighted by molar-refractivity contribution is -0.131. The molecule has 0 spiro atoms. The van der Waals surface area contributed by atoms with E-state index in [1.807, 2.05) is 6.08 Å². The van der Waals surface area contributed by atoms with Crippen LogP contribution in [0.1, 0.15) is 70.6 Å². The van der Waals surface area contributed by atoms with Gasteiger partial charge >= 0.3 is 5.97 Å². The van der Waals surface area contributed by atoms with Crippen molar-refractivity contribution in [3.63, 3.8) is 0 Å². The van der Waals surface area contributed by atoms with Crippen molar-refractivity contribution in [2.45, 2.75) is 70.6 Å². The molecule has 0 bridgehead atoms. The van der Waals surface area contributed by atoms with Crippen LogP contribution in [0.5, 0.6) is 0 Å². The van der Waals surface area contributed by atoms with E-state index in [-0.39, 0.29) is 0 Å². The molecule has 1 saturated carbocycles. The molecule has 2 heteroatoms. The van der Waals surface area contributed by atoms with Gasteiger partial charge in [-0.3, -0.25) is 0 Å². The molecule has 0 aromatic heterocycles. The third-order valence-corrected chi connectivity index (χ3v) is 3.66. The average Bonchev–Trinajstić information content (AvgIpc) is 2.28. The number of hydrogen-bond acceptors (Lipinski definition) is 1. The lowest BCUT2D eigenvalue weighted by Crippen LogP contribution is -2.00. The Labute approximate surface area is 105 Å². The number of rotatable bonds is 2. The zero-order valence-electron chi connectivity index (χ0n) is 10.9. The zero-order valence-corrected chi connectivity index (χ0v) is 10.9. The third-order valence-electron chi connectivity index (χ3n) is 3.66. The van der Waals surface area contributed by atoms with E-state index in [9.17, 15) is 4.79 Å². The van der Waals surface area contributed by atoms with E-state index in [2.05, 4.69) is 0 Å². The molecule has 0 aromatic carbocycles. The number of carboxylic acids is 1. The maximum absolute atomic E-state index is 10.5. The van der Waals surface area contributed by atoms with Gasteiger partial charge in [-0.2, -0.15) is 0 Å². The summed E-state index contributed by atoms with van der Waals surface area (Å²) in [5.74, 6) is -0.318. The summed E-state index contributed by atoms with van der Waals surface area (Å²) in [7, 11) is 0. The van der Waals surface area contributed by atoms with Crippen LogP contribution >= 0.6 is 0 Å². The molecule has 1 rings (SSSR count). The second-order valence-electron chi connectivity index (χ2n) is 5.22. The largest absolute Gasteiger partial charge is 0.478 e. The van der Waals surface area contributed by atoms with E-state index < -0.39 is 5.97 Å². The topological polar surface area (TPSA) is 37.3 Å². The molecule has 0 amide bonds. The summed E-state index contributed by atoms with van der Waals surface area (Å²) in [6, 6.07) is 0. The predicted molar refractivity (Wildman–Crippen MR) is 71.1 cm³/mol. The Morgan fingerprint density at radius 2 is 1.24 bits per heavy atom. The molecule has 0 saturated heterocycles. The van der Waals surface area contributed by atoms with E-state index >= 15 is 0 Å². The van der Waals surface area contributed by atoms with Crippen molar-refractivity contribution in [1.82, 2.24) is 0 Å². The Kier molecular flexibility index (Phi) is 7.78. The van der Waals surface area contributed by atoms with Gasteiger partial charge in [-0.1, -0.05) is 63.9 Å². The molecule has 98 valence electrons. The monoisotopic (exact) mass is 238 g/mol. The van der Waals surface area contributed by atoms with Gasteiger partial charge < -0.3 is 5.11 Å². The minimum absolute atomic E-state index is 0.491. The number of hydrogen-bond donors (Lipinski definition) is 1. The number of aliphatic carboxylic acids is 1. The van der Waals surface area contributed by atoms with Gasteiger partial charge in [-0.25, -0.2) is 4.79 Å². The fraction of sp³-hybridized carbons (Fsp3) is 0.800. The summed E-state index contributed by atoms with van der Waals surface area (Å²) in [5, 5.41) is 8.67. The Bertz CT molecular complexity index is 221. The number of carboxylic acid groups (broad SMARTS) is 1. The van der Waals surface area contributed by atoms with Gasteiger partial charge in [-0.05, 0) is 18.8 Å². The molecular weight excluding hydrogens is 212 g/mol. The van der Waals surface area contributed by atoms with Gasteiger partial charge in [0, 0.05) is 6.08 Å². The van der Waals surface area contributed by atoms with Gasteiger partial charge in [0.05, 0.1) is 0 Å².